The van der Waals surface area contributed by atoms with Gasteiger partial charge in [0.1, 0.15) is 11.4 Å². The third-order valence-corrected chi connectivity index (χ3v) is 5.07. The largest absolute Gasteiger partial charge is 0.497 e. The van der Waals surface area contributed by atoms with Crippen molar-refractivity contribution < 1.29 is 14.3 Å². The first-order valence-corrected chi connectivity index (χ1v) is 10.8. The van der Waals surface area contributed by atoms with E-state index in [1.165, 1.54) is 0 Å². The summed E-state index contributed by atoms with van der Waals surface area (Å²) in [6, 6.07) is 17.4. The Morgan fingerprint density at radius 3 is 2.47 bits per heavy atom. The number of methoxy groups -OCH3 is 1. The Kier molecular flexibility index (Phi) is 8.42. The quantitative estimate of drug-likeness (QED) is 0.420. The second-order valence-electron chi connectivity index (χ2n) is 7.98. The van der Waals surface area contributed by atoms with Crippen LogP contribution in [0.3, 0.4) is 0 Å². The van der Waals surface area contributed by atoms with Crippen molar-refractivity contribution in [3.05, 3.63) is 78.1 Å². The van der Waals surface area contributed by atoms with Gasteiger partial charge < -0.3 is 30.9 Å². The summed E-state index contributed by atoms with van der Waals surface area (Å²) >= 11 is 0. The lowest BCUT2D eigenvalue weighted by Gasteiger charge is -2.25. The average molecular weight is 463 g/mol. The Morgan fingerprint density at radius 1 is 1.00 bits per heavy atom. The van der Waals surface area contributed by atoms with Crippen LogP contribution in [0.1, 0.15) is 16.1 Å². The van der Waals surface area contributed by atoms with E-state index in [9.17, 15) is 9.59 Å². The molecular weight excluding hydrogens is 432 g/mol. The number of hydrogen-bond acceptors (Lipinski definition) is 6. The van der Waals surface area contributed by atoms with Gasteiger partial charge in [-0.1, -0.05) is 24.3 Å². The number of ether oxygens (including phenoxy) is 1. The summed E-state index contributed by atoms with van der Waals surface area (Å²) in [6.45, 7) is 1.54. The van der Waals surface area contributed by atoms with E-state index in [0.717, 1.165) is 5.56 Å². The van der Waals surface area contributed by atoms with Crippen molar-refractivity contribution in [3.8, 4) is 5.75 Å². The standard InChI is InChI=1S/C25H30N6O3/c1-30(2)13-14-31(25(33)28-19-7-6-8-20(15-19)34-3)17-18-11-12-23(27-16-18)24(32)29-22-10-5-4-9-21(22)26/h4-12,15-16H,13-14,17,26H2,1-3H3,(H,28,33)(H,29,32). The van der Waals surface area contributed by atoms with E-state index in [0.29, 0.717) is 42.4 Å². The second-order valence-corrected chi connectivity index (χ2v) is 7.98. The predicted octanol–water partition coefficient (Wildman–Crippen LogP) is 3.52. The first-order chi connectivity index (χ1) is 16.4. The number of urea groups is 1. The maximum Gasteiger partial charge on any atom is 0.322 e. The number of nitrogens with one attached hydrogen (secondary N) is 2. The van der Waals surface area contributed by atoms with Gasteiger partial charge in [0.15, 0.2) is 0 Å². The molecule has 0 saturated carbocycles. The summed E-state index contributed by atoms with van der Waals surface area (Å²) in [4.78, 5) is 33.5. The maximum absolute atomic E-state index is 13.0. The molecule has 0 fully saturated rings. The fraction of sp³-hybridized carbons (Fsp3) is 0.240. The van der Waals surface area contributed by atoms with Crippen LogP contribution in [0.25, 0.3) is 0 Å². The lowest BCUT2D eigenvalue weighted by Crippen LogP contribution is -2.39. The Morgan fingerprint density at radius 2 is 1.79 bits per heavy atom. The molecular formula is C25H30N6O3. The van der Waals surface area contributed by atoms with Gasteiger partial charge in [0.25, 0.3) is 5.91 Å². The molecule has 3 amide bonds. The summed E-state index contributed by atoms with van der Waals surface area (Å²) in [6.07, 6.45) is 1.60. The molecule has 178 valence electrons. The Hall–Kier alpha value is -4.11. The fourth-order valence-corrected chi connectivity index (χ4v) is 3.15. The summed E-state index contributed by atoms with van der Waals surface area (Å²) in [7, 11) is 5.48. The molecule has 1 aromatic heterocycles. The molecule has 0 radical (unpaired) electrons. The van der Waals surface area contributed by atoms with Gasteiger partial charge in [0, 0.05) is 37.6 Å². The van der Waals surface area contributed by atoms with Crippen molar-refractivity contribution in [2.24, 2.45) is 0 Å². The number of nitrogens with zero attached hydrogens (tertiary/aromatic N) is 3. The highest BCUT2D eigenvalue weighted by atomic mass is 16.5. The second kappa shape index (κ2) is 11.7. The zero-order chi connectivity index (χ0) is 24.5. The third-order valence-electron chi connectivity index (χ3n) is 5.07. The fourth-order valence-electron chi connectivity index (χ4n) is 3.15. The van der Waals surface area contributed by atoms with Crippen molar-refractivity contribution in [2.45, 2.75) is 6.54 Å². The molecule has 0 unspecified atom stereocenters. The number of amides is 3. The van der Waals surface area contributed by atoms with Crippen molar-refractivity contribution in [3.63, 3.8) is 0 Å². The van der Waals surface area contributed by atoms with Gasteiger partial charge in [-0.15, -0.1) is 0 Å². The topological polar surface area (TPSA) is 113 Å². The first-order valence-electron chi connectivity index (χ1n) is 10.8. The molecule has 3 rings (SSSR count). The molecule has 9 heteroatoms. The summed E-state index contributed by atoms with van der Waals surface area (Å²) in [5.74, 6) is 0.303. The summed E-state index contributed by atoms with van der Waals surface area (Å²) < 4.78 is 5.23. The Bertz CT molecular complexity index is 1120. The number of carbonyl (C=O) groups is 2. The Labute approximate surface area is 199 Å². The average Bonchev–Trinajstić information content (AvgIpc) is 2.83. The van der Waals surface area contributed by atoms with Crippen LogP contribution in [0, 0.1) is 0 Å². The van der Waals surface area contributed by atoms with Gasteiger partial charge in [0.2, 0.25) is 0 Å². The van der Waals surface area contributed by atoms with Gasteiger partial charge >= 0.3 is 6.03 Å². The lowest BCUT2D eigenvalue weighted by atomic mass is 10.2. The van der Waals surface area contributed by atoms with Crippen LogP contribution in [0.5, 0.6) is 5.75 Å². The van der Waals surface area contributed by atoms with E-state index < -0.39 is 0 Å². The van der Waals surface area contributed by atoms with E-state index >= 15 is 0 Å². The smallest absolute Gasteiger partial charge is 0.322 e. The predicted molar refractivity (Wildman–Crippen MR) is 134 cm³/mol. The van der Waals surface area contributed by atoms with Crippen LogP contribution in [-0.2, 0) is 6.54 Å². The van der Waals surface area contributed by atoms with Crippen molar-refractivity contribution in [1.29, 1.82) is 0 Å². The molecule has 34 heavy (non-hydrogen) atoms. The molecule has 3 aromatic rings. The third kappa shape index (κ3) is 6.94. The van der Waals surface area contributed by atoms with Crippen LogP contribution in [0.15, 0.2) is 66.9 Å². The highest BCUT2D eigenvalue weighted by Crippen LogP contribution is 2.19. The number of pyridine rings is 1. The van der Waals surface area contributed by atoms with E-state index in [1.807, 2.05) is 31.1 Å². The zero-order valence-corrected chi connectivity index (χ0v) is 19.6. The molecule has 0 bridgehead atoms. The van der Waals surface area contributed by atoms with E-state index in [1.54, 1.807) is 66.7 Å². The van der Waals surface area contributed by atoms with Crippen molar-refractivity contribution in [2.75, 3.05) is 50.7 Å². The SMILES string of the molecule is COc1cccc(NC(=O)N(CCN(C)C)Cc2ccc(C(=O)Nc3ccccc3N)nc2)c1. The minimum atomic E-state index is -0.357. The van der Waals surface area contributed by atoms with Crippen LogP contribution in [0.4, 0.5) is 21.9 Å². The number of nitrogen functional groups attached to an aromatic ring is 1. The number of carbonyl (C=O) groups excluding carboxylic acids is 2. The molecule has 0 aliphatic carbocycles. The minimum Gasteiger partial charge on any atom is -0.497 e. The number of para-hydroxylation sites is 2. The van der Waals surface area contributed by atoms with E-state index in [-0.39, 0.29) is 17.6 Å². The number of benzene rings is 2. The lowest BCUT2D eigenvalue weighted by molar-refractivity contribution is 0.102. The molecule has 0 atom stereocenters. The summed E-state index contributed by atoms with van der Waals surface area (Å²) in [5.41, 5.74) is 8.60. The van der Waals surface area contributed by atoms with Gasteiger partial charge in [-0.05, 0) is 50.0 Å². The van der Waals surface area contributed by atoms with E-state index in [2.05, 4.69) is 15.6 Å². The monoisotopic (exact) mass is 462 g/mol. The summed E-state index contributed by atoms with van der Waals surface area (Å²) in [5, 5.41) is 5.67. The highest BCUT2D eigenvalue weighted by Gasteiger charge is 2.16. The molecule has 0 saturated heterocycles. The van der Waals surface area contributed by atoms with E-state index in [4.69, 9.17) is 10.5 Å². The van der Waals surface area contributed by atoms with Gasteiger partial charge in [-0.3, -0.25) is 9.78 Å². The molecule has 0 spiro atoms. The van der Waals surface area contributed by atoms with Crippen molar-refractivity contribution in [1.82, 2.24) is 14.8 Å². The number of hydrogen-bond donors (Lipinski definition) is 3. The molecule has 9 nitrogen and oxygen atoms in total. The maximum atomic E-state index is 13.0. The highest BCUT2D eigenvalue weighted by molar-refractivity contribution is 6.04. The van der Waals surface area contributed by atoms with Gasteiger partial charge in [-0.25, -0.2) is 4.79 Å². The normalized spacial score (nSPS) is 10.6. The number of nitrogens with two attached hydrogens (primary N) is 1. The zero-order valence-electron chi connectivity index (χ0n) is 19.6. The number of rotatable bonds is 9. The van der Waals surface area contributed by atoms with Crippen LogP contribution in [0.2, 0.25) is 0 Å². The number of likely N-dealkylation sites (N-methyl/N-ethyl adjacent to an activating group) is 1. The molecule has 0 aliphatic heterocycles. The first kappa shape index (κ1) is 24.5. The van der Waals surface area contributed by atoms with Crippen LogP contribution in [-0.4, -0.2) is 61.0 Å². The van der Waals surface area contributed by atoms with Gasteiger partial charge in [0.05, 0.1) is 18.5 Å². The van der Waals surface area contributed by atoms with Gasteiger partial charge in [-0.2, -0.15) is 0 Å². The van der Waals surface area contributed by atoms with Crippen molar-refractivity contribution >= 4 is 29.0 Å². The molecule has 0 aliphatic rings. The molecule has 4 N–H and O–H groups in total. The molecule has 2 aromatic carbocycles. The number of aromatic nitrogens is 1. The van der Waals surface area contributed by atoms with Crippen LogP contribution < -0.4 is 21.1 Å². The number of anilines is 3. The van der Waals surface area contributed by atoms with Crippen LogP contribution >= 0.6 is 0 Å². The minimum absolute atomic E-state index is 0.239. The molecule has 1 heterocycles. The Balaban J connectivity index is 1.68.